The molecule has 0 aliphatic carbocycles. The van der Waals surface area contributed by atoms with Crippen molar-refractivity contribution in [1.82, 2.24) is 5.32 Å². The van der Waals surface area contributed by atoms with Gasteiger partial charge in [-0.3, -0.25) is 0 Å². The van der Waals surface area contributed by atoms with Crippen LogP contribution in [0.2, 0.25) is 0 Å². The molecule has 0 bridgehead atoms. The molecule has 0 aromatic heterocycles. The molecule has 3 nitrogen and oxygen atoms in total. The first kappa shape index (κ1) is 12.4. The molecule has 1 N–H and O–H groups in total. The van der Waals surface area contributed by atoms with E-state index in [9.17, 15) is 0 Å². The summed E-state index contributed by atoms with van der Waals surface area (Å²) in [5.74, 6) is 1.49. The summed E-state index contributed by atoms with van der Waals surface area (Å²) in [7, 11) is 3.73. The summed E-state index contributed by atoms with van der Waals surface area (Å²) in [5.41, 5.74) is 1.23. The van der Waals surface area contributed by atoms with Gasteiger partial charge in [0.05, 0.1) is 13.7 Å². The molecular formula is C14H21NO2. The second-order valence-corrected chi connectivity index (χ2v) is 4.49. The summed E-state index contributed by atoms with van der Waals surface area (Å²) in [4.78, 5) is 0. The third-order valence-corrected chi connectivity index (χ3v) is 3.45. The first-order valence-corrected chi connectivity index (χ1v) is 6.24. The fourth-order valence-electron chi connectivity index (χ4n) is 2.60. The second kappa shape index (κ2) is 6.03. The highest BCUT2D eigenvalue weighted by Gasteiger charge is 2.26. The summed E-state index contributed by atoms with van der Waals surface area (Å²) in [5, 5.41) is 3.40. The molecule has 0 saturated carbocycles. The Kier molecular flexibility index (Phi) is 4.40. The highest BCUT2D eigenvalue weighted by atomic mass is 16.5. The molecule has 1 aromatic carbocycles. The molecule has 2 unspecified atom stereocenters. The van der Waals surface area contributed by atoms with Crippen LogP contribution in [-0.2, 0) is 4.74 Å². The quantitative estimate of drug-likeness (QED) is 0.869. The van der Waals surface area contributed by atoms with Crippen molar-refractivity contribution in [3.05, 3.63) is 29.8 Å². The highest BCUT2D eigenvalue weighted by Crippen LogP contribution is 2.33. The summed E-state index contributed by atoms with van der Waals surface area (Å²) >= 11 is 0. The van der Waals surface area contributed by atoms with Crippen LogP contribution >= 0.6 is 0 Å². The van der Waals surface area contributed by atoms with Crippen molar-refractivity contribution in [3.63, 3.8) is 0 Å². The largest absolute Gasteiger partial charge is 0.496 e. The minimum Gasteiger partial charge on any atom is -0.496 e. The molecule has 17 heavy (non-hydrogen) atoms. The molecule has 1 fully saturated rings. The lowest BCUT2D eigenvalue weighted by atomic mass is 9.88. The van der Waals surface area contributed by atoms with Gasteiger partial charge in [0.2, 0.25) is 0 Å². The minimum absolute atomic E-state index is 0.312. The van der Waals surface area contributed by atoms with E-state index in [4.69, 9.17) is 9.47 Å². The van der Waals surface area contributed by atoms with Gasteiger partial charge in [0.25, 0.3) is 0 Å². The Balaban J connectivity index is 2.21. The molecule has 3 heteroatoms. The van der Waals surface area contributed by atoms with Crippen LogP contribution in [0, 0.1) is 5.92 Å². The van der Waals surface area contributed by atoms with E-state index in [1.165, 1.54) is 12.0 Å². The standard InChI is InChI=1S/C14H21NO2/c1-15-14(11-6-5-9-17-10-11)12-7-3-4-8-13(12)16-2/h3-4,7-8,11,14-15H,5-6,9-10H2,1-2H3. The zero-order valence-corrected chi connectivity index (χ0v) is 10.6. The first-order chi connectivity index (χ1) is 8.36. The number of benzene rings is 1. The smallest absolute Gasteiger partial charge is 0.123 e. The Morgan fingerprint density at radius 1 is 1.41 bits per heavy atom. The van der Waals surface area contributed by atoms with E-state index < -0.39 is 0 Å². The number of para-hydroxylation sites is 1. The van der Waals surface area contributed by atoms with Gasteiger partial charge in [-0.15, -0.1) is 0 Å². The molecule has 1 heterocycles. The highest BCUT2D eigenvalue weighted by molar-refractivity contribution is 5.36. The van der Waals surface area contributed by atoms with Crippen molar-refractivity contribution in [3.8, 4) is 5.75 Å². The van der Waals surface area contributed by atoms with Crippen LogP contribution in [0.15, 0.2) is 24.3 Å². The van der Waals surface area contributed by atoms with Crippen molar-refractivity contribution in [1.29, 1.82) is 0 Å². The molecule has 0 radical (unpaired) electrons. The van der Waals surface area contributed by atoms with E-state index in [2.05, 4.69) is 17.4 Å². The maximum atomic E-state index is 5.58. The second-order valence-electron chi connectivity index (χ2n) is 4.49. The molecule has 1 aliphatic heterocycles. The maximum absolute atomic E-state index is 5.58. The maximum Gasteiger partial charge on any atom is 0.123 e. The van der Waals surface area contributed by atoms with Crippen LogP contribution in [0.3, 0.4) is 0 Å². The Hall–Kier alpha value is -1.06. The van der Waals surface area contributed by atoms with Crippen LogP contribution < -0.4 is 10.1 Å². The third kappa shape index (κ3) is 2.79. The topological polar surface area (TPSA) is 30.5 Å². The van der Waals surface area contributed by atoms with E-state index in [0.29, 0.717) is 12.0 Å². The van der Waals surface area contributed by atoms with Crippen LogP contribution in [0.4, 0.5) is 0 Å². The fraction of sp³-hybridized carbons (Fsp3) is 0.571. The number of rotatable bonds is 4. The Morgan fingerprint density at radius 2 is 2.24 bits per heavy atom. The molecule has 2 rings (SSSR count). The van der Waals surface area contributed by atoms with Gasteiger partial charge in [-0.1, -0.05) is 18.2 Å². The average molecular weight is 235 g/mol. The molecule has 0 amide bonds. The van der Waals surface area contributed by atoms with E-state index in [1.54, 1.807) is 7.11 Å². The molecule has 2 atom stereocenters. The van der Waals surface area contributed by atoms with Crippen molar-refractivity contribution in [2.24, 2.45) is 5.92 Å². The normalized spacial score (nSPS) is 22.1. The predicted molar refractivity (Wildman–Crippen MR) is 68.3 cm³/mol. The third-order valence-electron chi connectivity index (χ3n) is 3.45. The van der Waals surface area contributed by atoms with Gasteiger partial charge >= 0.3 is 0 Å². The van der Waals surface area contributed by atoms with E-state index in [-0.39, 0.29) is 0 Å². The van der Waals surface area contributed by atoms with Crippen LogP contribution in [0.5, 0.6) is 5.75 Å². The van der Waals surface area contributed by atoms with Crippen molar-refractivity contribution < 1.29 is 9.47 Å². The monoisotopic (exact) mass is 235 g/mol. The summed E-state index contributed by atoms with van der Waals surface area (Å²) in [6.07, 6.45) is 2.36. The van der Waals surface area contributed by atoms with Crippen LogP contribution in [0.25, 0.3) is 0 Å². The summed E-state index contributed by atoms with van der Waals surface area (Å²) in [6, 6.07) is 8.53. The van der Waals surface area contributed by atoms with Gasteiger partial charge in [0.1, 0.15) is 5.75 Å². The van der Waals surface area contributed by atoms with Crippen molar-refractivity contribution >= 4 is 0 Å². The van der Waals surface area contributed by atoms with E-state index >= 15 is 0 Å². The SMILES string of the molecule is CNC(c1ccccc1OC)C1CCCOC1. The first-order valence-electron chi connectivity index (χ1n) is 6.24. The number of ether oxygens (including phenoxy) is 2. The van der Waals surface area contributed by atoms with Gasteiger partial charge in [-0.05, 0) is 26.0 Å². The molecule has 0 spiro atoms. The zero-order valence-electron chi connectivity index (χ0n) is 10.6. The van der Waals surface area contributed by atoms with Gasteiger partial charge < -0.3 is 14.8 Å². The lowest BCUT2D eigenvalue weighted by Crippen LogP contribution is -2.31. The minimum atomic E-state index is 0.312. The zero-order chi connectivity index (χ0) is 12.1. The average Bonchev–Trinajstić information content (AvgIpc) is 2.41. The Morgan fingerprint density at radius 3 is 2.88 bits per heavy atom. The molecule has 1 saturated heterocycles. The van der Waals surface area contributed by atoms with Gasteiger partial charge in [-0.2, -0.15) is 0 Å². The van der Waals surface area contributed by atoms with Crippen LogP contribution in [-0.4, -0.2) is 27.4 Å². The number of nitrogens with one attached hydrogen (secondary N) is 1. The van der Waals surface area contributed by atoms with Crippen molar-refractivity contribution in [2.75, 3.05) is 27.4 Å². The Bertz CT molecular complexity index is 348. The molecule has 1 aliphatic rings. The number of hydrogen-bond donors (Lipinski definition) is 1. The lowest BCUT2D eigenvalue weighted by Gasteiger charge is -2.31. The molecular weight excluding hydrogens is 214 g/mol. The fourth-order valence-corrected chi connectivity index (χ4v) is 2.60. The predicted octanol–water partition coefficient (Wildman–Crippen LogP) is 2.38. The Labute approximate surface area is 103 Å². The van der Waals surface area contributed by atoms with Gasteiger partial charge in [-0.25, -0.2) is 0 Å². The molecule has 1 aromatic rings. The summed E-state index contributed by atoms with van der Waals surface area (Å²) < 4.78 is 11.0. The van der Waals surface area contributed by atoms with E-state index in [0.717, 1.165) is 25.4 Å². The van der Waals surface area contributed by atoms with Crippen LogP contribution in [0.1, 0.15) is 24.4 Å². The number of methoxy groups -OCH3 is 1. The number of hydrogen-bond acceptors (Lipinski definition) is 3. The van der Waals surface area contributed by atoms with Crippen molar-refractivity contribution in [2.45, 2.75) is 18.9 Å². The summed E-state index contributed by atoms with van der Waals surface area (Å²) in [6.45, 7) is 1.74. The van der Waals surface area contributed by atoms with Gasteiger partial charge in [0.15, 0.2) is 0 Å². The van der Waals surface area contributed by atoms with Gasteiger partial charge in [0, 0.05) is 24.1 Å². The lowest BCUT2D eigenvalue weighted by molar-refractivity contribution is 0.0398. The molecule has 94 valence electrons. The van der Waals surface area contributed by atoms with E-state index in [1.807, 2.05) is 19.2 Å².